The summed E-state index contributed by atoms with van der Waals surface area (Å²) in [4.78, 5) is 0. The predicted octanol–water partition coefficient (Wildman–Crippen LogP) is 6.39. The highest BCUT2D eigenvalue weighted by Gasteiger charge is 2.38. The van der Waals surface area contributed by atoms with Crippen molar-refractivity contribution in [3.05, 3.63) is 23.8 Å². The zero-order valence-electron chi connectivity index (χ0n) is 14.1. The Morgan fingerprint density at radius 3 is 2.75 bits per heavy atom. The van der Waals surface area contributed by atoms with Crippen LogP contribution < -0.4 is 0 Å². The second-order valence-electron chi connectivity index (χ2n) is 7.74. The minimum absolute atomic E-state index is 0.821. The monoisotopic (exact) mass is 274 g/mol. The van der Waals surface area contributed by atoms with Gasteiger partial charge in [0, 0.05) is 0 Å². The molecule has 4 atom stereocenters. The minimum atomic E-state index is 0.821. The molecular formula is C20H34. The van der Waals surface area contributed by atoms with Gasteiger partial charge in [0.25, 0.3) is 0 Å². The Morgan fingerprint density at radius 2 is 2.05 bits per heavy atom. The van der Waals surface area contributed by atoms with E-state index in [0.29, 0.717) is 0 Å². The van der Waals surface area contributed by atoms with Crippen molar-refractivity contribution in [1.29, 1.82) is 0 Å². The van der Waals surface area contributed by atoms with Gasteiger partial charge < -0.3 is 0 Å². The number of hydrogen-bond acceptors (Lipinski definition) is 0. The molecule has 20 heavy (non-hydrogen) atoms. The fourth-order valence-corrected chi connectivity index (χ4v) is 3.74. The summed E-state index contributed by atoms with van der Waals surface area (Å²) in [6.45, 7) is 9.44. The Labute approximate surface area is 126 Å². The van der Waals surface area contributed by atoms with Crippen molar-refractivity contribution >= 4 is 0 Å². The van der Waals surface area contributed by atoms with Crippen molar-refractivity contribution in [3.8, 4) is 0 Å². The average molecular weight is 274 g/mol. The van der Waals surface area contributed by atoms with E-state index in [-0.39, 0.29) is 0 Å². The fraction of sp³-hybridized carbons (Fsp3) is 0.800. The summed E-state index contributed by atoms with van der Waals surface area (Å²) in [6.07, 6.45) is 17.3. The van der Waals surface area contributed by atoms with Crippen LogP contribution in [0.3, 0.4) is 0 Å². The largest absolute Gasteiger partial charge is 0.0840 e. The first-order valence-corrected chi connectivity index (χ1v) is 8.98. The third-order valence-corrected chi connectivity index (χ3v) is 5.21. The summed E-state index contributed by atoms with van der Waals surface area (Å²) in [5.41, 5.74) is 1.68. The predicted molar refractivity (Wildman–Crippen MR) is 89.7 cm³/mol. The second kappa shape index (κ2) is 7.48. The van der Waals surface area contributed by atoms with Crippen LogP contribution in [0.1, 0.15) is 72.6 Å². The van der Waals surface area contributed by atoms with E-state index in [1.165, 1.54) is 44.9 Å². The van der Waals surface area contributed by atoms with Crippen LogP contribution in [0.15, 0.2) is 23.8 Å². The molecule has 0 aromatic rings. The summed E-state index contributed by atoms with van der Waals surface area (Å²) in [5, 5.41) is 0. The van der Waals surface area contributed by atoms with E-state index < -0.39 is 0 Å². The molecule has 4 unspecified atom stereocenters. The van der Waals surface area contributed by atoms with E-state index >= 15 is 0 Å². The third kappa shape index (κ3) is 4.79. The van der Waals surface area contributed by atoms with Crippen LogP contribution in [-0.2, 0) is 0 Å². The van der Waals surface area contributed by atoms with Crippen molar-refractivity contribution in [2.24, 2.45) is 29.6 Å². The van der Waals surface area contributed by atoms with Gasteiger partial charge in [-0.05, 0) is 67.3 Å². The molecule has 0 amide bonds. The first kappa shape index (κ1) is 15.9. The van der Waals surface area contributed by atoms with Crippen LogP contribution in [0.5, 0.6) is 0 Å². The molecule has 0 heteroatoms. The normalized spacial score (nSPS) is 33.8. The Balaban J connectivity index is 1.86. The lowest BCUT2D eigenvalue weighted by Gasteiger charge is -2.19. The molecular weight excluding hydrogens is 240 g/mol. The number of hydrogen-bond donors (Lipinski definition) is 0. The Bertz CT molecular complexity index is 347. The standard InChI is InChI=1S/C20H34/c1-5-17-12-16(4)9-7-11-18(13-17)20-14-19(20)10-6-8-15(2)3/h7,11,13,15-17,19-20H,5-6,8-10,12,14H2,1-4H3. The number of rotatable bonds is 6. The summed E-state index contributed by atoms with van der Waals surface area (Å²) in [7, 11) is 0. The lowest BCUT2D eigenvalue weighted by atomic mass is 9.86. The highest BCUT2D eigenvalue weighted by Crippen LogP contribution is 2.48. The van der Waals surface area contributed by atoms with Crippen LogP contribution >= 0.6 is 0 Å². The average Bonchev–Trinajstić information content (AvgIpc) is 3.12. The maximum atomic E-state index is 2.62. The van der Waals surface area contributed by atoms with E-state index in [9.17, 15) is 0 Å². The van der Waals surface area contributed by atoms with Crippen molar-refractivity contribution in [2.75, 3.05) is 0 Å². The van der Waals surface area contributed by atoms with E-state index in [1.54, 1.807) is 5.57 Å². The van der Waals surface area contributed by atoms with Crippen molar-refractivity contribution in [3.63, 3.8) is 0 Å². The zero-order chi connectivity index (χ0) is 14.5. The first-order chi connectivity index (χ1) is 9.60. The molecule has 0 nitrogen and oxygen atoms in total. The van der Waals surface area contributed by atoms with E-state index in [4.69, 9.17) is 0 Å². The van der Waals surface area contributed by atoms with Gasteiger partial charge in [-0.1, -0.05) is 58.8 Å². The quantitative estimate of drug-likeness (QED) is 0.526. The molecule has 1 saturated carbocycles. The van der Waals surface area contributed by atoms with E-state index in [0.717, 1.165) is 29.6 Å². The first-order valence-electron chi connectivity index (χ1n) is 8.98. The summed E-state index contributed by atoms with van der Waals surface area (Å²) >= 11 is 0. The van der Waals surface area contributed by atoms with Crippen molar-refractivity contribution < 1.29 is 0 Å². The van der Waals surface area contributed by atoms with Crippen LogP contribution in [-0.4, -0.2) is 0 Å². The molecule has 1 fully saturated rings. The summed E-state index contributed by atoms with van der Waals surface area (Å²) < 4.78 is 0. The van der Waals surface area contributed by atoms with Gasteiger partial charge in [0.1, 0.15) is 0 Å². The molecule has 114 valence electrons. The van der Waals surface area contributed by atoms with Gasteiger partial charge in [-0.15, -0.1) is 0 Å². The van der Waals surface area contributed by atoms with Crippen LogP contribution in [0.25, 0.3) is 0 Å². The third-order valence-electron chi connectivity index (χ3n) is 5.21. The van der Waals surface area contributed by atoms with Gasteiger partial charge >= 0.3 is 0 Å². The maximum absolute atomic E-state index is 2.62. The van der Waals surface area contributed by atoms with Gasteiger partial charge in [0.15, 0.2) is 0 Å². The summed E-state index contributed by atoms with van der Waals surface area (Å²) in [6, 6.07) is 0. The molecule has 0 heterocycles. The van der Waals surface area contributed by atoms with Crippen LogP contribution in [0.2, 0.25) is 0 Å². The van der Waals surface area contributed by atoms with Crippen LogP contribution in [0.4, 0.5) is 0 Å². The van der Waals surface area contributed by atoms with E-state index in [2.05, 4.69) is 45.9 Å². The lowest BCUT2D eigenvalue weighted by Crippen LogP contribution is -2.06. The van der Waals surface area contributed by atoms with Gasteiger partial charge in [-0.3, -0.25) is 0 Å². The molecule has 2 aliphatic rings. The molecule has 0 aromatic carbocycles. The van der Waals surface area contributed by atoms with Gasteiger partial charge in [0.2, 0.25) is 0 Å². The van der Waals surface area contributed by atoms with Gasteiger partial charge in [0.05, 0.1) is 0 Å². The molecule has 0 radical (unpaired) electrons. The smallest absolute Gasteiger partial charge is 0.0134 e. The van der Waals surface area contributed by atoms with Crippen molar-refractivity contribution in [1.82, 2.24) is 0 Å². The molecule has 0 aromatic heterocycles. The molecule has 0 spiro atoms. The number of allylic oxidation sites excluding steroid dienone is 4. The molecule has 2 rings (SSSR count). The minimum Gasteiger partial charge on any atom is -0.0840 e. The second-order valence-corrected chi connectivity index (χ2v) is 7.74. The fourth-order valence-electron chi connectivity index (χ4n) is 3.74. The van der Waals surface area contributed by atoms with Crippen LogP contribution in [0, 0.1) is 29.6 Å². The zero-order valence-corrected chi connectivity index (χ0v) is 14.1. The Morgan fingerprint density at radius 1 is 1.25 bits per heavy atom. The van der Waals surface area contributed by atoms with Crippen molar-refractivity contribution in [2.45, 2.75) is 72.6 Å². The molecule has 0 bridgehead atoms. The molecule has 0 aliphatic heterocycles. The molecule has 0 saturated heterocycles. The molecule has 0 N–H and O–H groups in total. The SMILES string of the molecule is CCC1C=C(C2CC2CCCC(C)C)C=CCC(C)C1. The molecule has 2 aliphatic carbocycles. The van der Waals surface area contributed by atoms with E-state index in [1.807, 2.05) is 0 Å². The highest BCUT2D eigenvalue weighted by molar-refractivity contribution is 5.28. The highest BCUT2D eigenvalue weighted by atomic mass is 14.4. The Hall–Kier alpha value is -0.520. The van der Waals surface area contributed by atoms with Gasteiger partial charge in [-0.25, -0.2) is 0 Å². The van der Waals surface area contributed by atoms with Gasteiger partial charge in [-0.2, -0.15) is 0 Å². The lowest BCUT2D eigenvalue weighted by molar-refractivity contribution is 0.435. The maximum Gasteiger partial charge on any atom is -0.0134 e. The topological polar surface area (TPSA) is 0 Å². The summed E-state index contributed by atoms with van der Waals surface area (Å²) in [5.74, 6) is 4.45. The Kier molecular flexibility index (Phi) is 5.93.